The number of nitrogens with zero attached hydrogens (tertiary/aromatic N) is 2. The number of amides is 2. The summed E-state index contributed by atoms with van der Waals surface area (Å²) in [5.41, 5.74) is 0.789. The number of nitrogens with one attached hydrogen (secondary N) is 1. The van der Waals surface area contributed by atoms with Crippen molar-refractivity contribution in [3.05, 3.63) is 77.3 Å². The second kappa shape index (κ2) is 13.0. The Morgan fingerprint density at radius 2 is 1.65 bits per heavy atom. The topological polar surface area (TPSA) is 86.8 Å². The van der Waals surface area contributed by atoms with E-state index in [1.807, 2.05) is 38.1 Å². The van der Waals surface area contributed by atoms with Crippen LogP contribution in [0.4, 0.5) is 0 Å². The van der Waals surface area contributed by atoms with Gasteiger partial charge in [0.05, 0.1) is 11.4 Å². The summed E-state index contributed by atoms with van der Waals surface area (Å²) in [5, 5.41) is 5.19. The van der Waals surface area contributed by atoms with E-state index in [1.54, 1.807) is 42.5 Å². The summed E-state index contributed by atoms with van der Waals surface area (Å²) in [4.78, 5) is 28.1. The second-order valence-corrected chi connectivity index (χ2v) is 11.5. The molecule has 9 heteroatoms. The molecule has 0 unspecified atom stereocenters. The Bertz CT molecular complexity index is 1330. The first-order valence-electron chi connectivity index (χ1n) is 12.4. The molecule has 0 aromatic heterocycles. The third kappa shape index (κ3) is 7.31. The molecule has 0 saturated heterocycles. The van der Waals surface area contributed by atoms with Crippen molar-refractivity contribution < 1.29 is 18.0 Å². The maximum absolute atomic E-state index is 13.6. The zero-order chi connectivity index (χ0) is 27.0. The van der Waals surface area contributed by atoms with Gasteiger partial charge in [-0.05, 0) is 53.4 Å². The average Bonchev–Trinajstić information content (AvgIpc) is 2.89. The monoisotopic (exact) mass is 543 g/mol. The number of carbonyl (C=O) groups excluding carboxylic acids is 2. The largest absolute Gasteiger partial charge is 0.354 e. The average molecular weight is 544 g/mol. The lowest BCUT2D eigenvalue weighted by molar-refractivity contribution is -0.141. The SMILES string of the molecule is CCCCNC(=O)[C@@H](CC)N(Cc1ccc(Cl)cc1)C(=O)CN(C)S(=O)(=O)c1ccc2ccccc2c1. The highest BCUT2D eigenvalue weighted by molar-refractivity contribution is 7.89. The highest BCUT2D eigenvalue weighted by atomic mass is 35.5. The fourth-order valence-electron chi connectivity index (χ4n) is 4.09. The van der Waals surface area contributed by atoms with Gasteiger partial charge in [-0.2, -0.15) is 4.31 Å². The number of unbranched alkanes of at least 4 members (excludes halogenated alkanes) is 1. The van der Waals surface area contributed by atoms with Crippen molar-refractivity contribution in [2.45, 2.75) is 50.6 Å². The summed E-state index contributed by atoms with van der Waals surface area (Å²) in [6.45, 7) is 4.14. The molecule has 37 heavy (non-hydrogen) atoms. The lowest BCUT2D eigenvalue weighted by Gasteiger charge is -2.32. The van der Waals surface area contributed by atoms with Gasteiger partial charge in [-0.3, -0.25) is 9.59 Å². The van der Waals surface area contributed by atoms with Crippen LogP contribution < -0.4 is 5.32 Å². The number of sulfonamides is 1. The van der Waals surface area contributed by atoms with E-state index in [0.717, 1.165) is 33.5 Å². The molecule has 1 N–H and O–H groups in total. The molecule has 0 fully saturated rings. The minimum absolute atomic E-state index is 0.107. The summed E-state index contributed by atoms with van der Waals surface area (Å²) in [7, 11) is -2.56. The van der Waals surface area contributed by atoms with Crippen LogP contribution in [0.1, 0.15) is 38.7 Å². The molecule has 0 spiro atoms. The Kier molecular flexibility index (Phi) is 10.1. The van der Waals surface area contributed by atoms with Gasteiger partial charge in [0.1, 0.15) is 6.04 Å². The van der Waals surface area contributed by atoms with E-state index in [1.165, 1.54) is 11.9 Å². The Balaban J connectivity index is 1.85. The summed E-state index contributed by atoms with van der Waals surface area (Å²) in [5.74, 6) is -0.711. The van der Waals surface area contributed by atoms with Crippen molar-refractivity contribution in [3.63, 3.8) is 0 Å². The highest BCUT2D eigenvalue weighted by Gasteiger charge is 2.31. The predicted octanol–water partition coefficient (Wildman–Crippen LogP) is 4.84. The smallest absolute Gasteiger partial charge is 0.243 e. The molecule has 0 radical (unpaired) electrons. The number of halogens is 1. The van der Waals surface area contributed by atoms with Crippen molar-refractivity contribution >= 4 is 44.2 Å². The van der Waals surface area contributed by atoms with E-state index in [2.05, 4.69) is 5.32 Å². The number of hydrogen-bond donors (Lipinski definition) is 1. The van der Waals surface area contributed by atoms with Gasteiger partial charge in [0.2, 0.25) is 21.8 Å². The quantitative estimate of drug-likeness (QED) is 0.331. The molecule has 2 amide bonds. The molecule has 3 rings (SSSR count). The van der Waals surface area contributed by atoms with Gasteiger partial charge in [-0.1, -0.05) is 74.3 Å². The molecule has 0 bridgehead atoms. The van der Waals surface area contributed by atoms with Crippen LogP contribution in [0.5, 0.6) is 0 Å². The molecule has 0 aliphatic rings. The molecule has 198 valence electrons. The van der Waals surface area contributed by atoms with Crippen LogP contribution in [0.2, 0.25) is 5.02 Å². The molecule has 0 heterocycles. The van der Waals surface area contributed by atoms with Crippen molar-refractivity contribution in [3.8, 4) is 0 Å². The highest BCUT2D eigenvalue weighted by Crippen LogP contribution is 2.22. The van der Waals surface area contributed by atoms with Crippen LogP contribution in [-0.4, -0.2) is 55.6 Å². The summed E-state index contributed by atoms with van der Waals surface area (Å²) < 4.78 is 27.7. The normalized spacial score (nSPS) is 12.5. The molecule has 0 aliphatic carbocycles. The lowest BCUT2D eigenvalue weighted by Crippen LogP contribution is -2.51. The van der Waals surface area contributed by atoms with Crippen LogP contribution in [0.15, 0.2) is 71.6 Å². The van der Waals surface area contributed by atoms with E-state index in [9.17, 15) is 18.0 Å². The molecular weight excluding hydrogens is 510 g/mol. The molecule has 3 aromatic rings. The molecule has 1 atom stereocenters. The maximum atomic E-state index is 13.6. The lowest BCUT2D eigenvalue weighted by atomic mass is 10.1. The number of carbonyl (C=O) groups is 2. The van der Waals surface area contributed by atoms with Crippen LogP contribution in [0.25, 0.3) is 10.8 Å². The molecule has 7 nitrogen and oxygen atoms in total. The van der Waals surface area contributed by atoms with E-state index < -0.39 is 28.5 Å². The Hall–Kier alpha value is -2.94. The van der Waals surface area contributed by atoms with Gasteiger partial charge in [-0.15, -0.1) is 0 Å². The van der Waals surface area contributed by atoms with Gasteiger partial charge in [-0.25, -0.2) is 8.42 Å². The van der Waals surface area contributed by atoms with Crippen molar-refractivity contribution in [1.29, 1.82) is 0 Å². The Morgan fingerprint density at radius 3 is 2.30 bits per heavy atom. The first-order chi connectivity index (χ1) is 17.7. The van der Waals surface area contributed by atoms with E-state index in [-0.39, 0.29) is 17.3 Å². The van der Waals surface area contributed by atoms with Crippen LogP contribution in [-0.2, 0) is 26.2 Å². The van der Waals surface area contributed by atoms with E-state index in [4.69, 9.17) is 11.6 Å². The minimum atomic E-state index is -3.94. The molecule has 0 aliphatic heterocycles. The van der Waals surface area contributed by atoms with Crippen molar-refractivity contribution in [2.24, 2.45) is 0 Å². The van der Waals surface area contributed by atoms with Gasteiger partial charge < -0.3 is 10.2 Å². The Morgan fingerprint density at radius 1 is 0.973 bits per heavy atom. The van der Waals surface area contributed by atoms with Crippen LogP contribution in [0, 0.1) is 0 Å². The molecule has 3 aromatic carbocycles. The first kappa shape index (κ1) is 28.6. The van der Waals surface area contributed by atoms with Gasteiger partial charge in [0, 0.05) is 25.2 Å². The minimum Gasteiger partial charge on any atom is -0.354 e. The predicted molar refractivity (Wildman–Crippen MR) is 148 cm³/mol. The zero-order valence-electron chi connectivity index (χ0n) is 21.5. The van der Waals surface area contributed by atoms with Gasteiger partial charge >= 0.3 is 0 Å². The summed E-state index contributed by atoms with van der Waals surface area (Å²) in [6.07, 6.45) is 2.15. The van der Waals surface area contributed by atoms with Crippen LogP contribution >= 0.6 is 11.6 Å². The molecule has 0 saturated carbocycles. The third-order valence-corrected chi connectivity index (χ3v) is 8.32. The van der Waals surface area contributed by atoms with Crippen LogP contribution in [0.3, 0.4) is 0 Å². The van der Waals surface area contributed by atoms with E-state index >= 15 is 0 Å². The molecular formula is C28H34ClN3O4S. The Labute approximate surface area is 224 Å². The number of hydrogen-bond acceptors (Lipinski definition) is 4. The first-order valence-corrected chi connectivity index (χ1v) is 14.3. The zero-order valence-corrected chi connectivity index (χ0v) is 23.1. The number of rotatable bonds is 12. The van der Waals surface area contributed by atoms with Crippen molar-refractivity contribution in [2.75, 3.05) is 20.1 Å². The fraction of sp³-hybridized carbons (Fsp3) is 0.357. The summed E-state index contributed by atoms with van der Waals surface area (Å²) in [6, 6.07) is 18.7. The number of likely N-dealkylation sites (N-methyl/N-ethyl adjacent to an activating group) is 1. The van der Waals surface area contributed by atoms with Gasteiger partial charge in [0.25, 0.3) is 0 Å². The van der Waals surface area contributed by atoms with Gasteiger partial charge in [0.15, 0.2) is 0 Å². The maximum Gasteiger partial charge on any atom is 0.243 e. The number of benzene rings is 3. The number of fused-ring (bicyclic) bond motifs is 1. The standard InChI is InChI=1S/C28H34ClN3O4S/c1-4-6-17-30-28(34)26(5-2)32(19-21-11-14-24(29)15-12-21)27(33)20-31(3)37(35,36)25-16-13-22-9-7-8-10-23(22)18-25/h7-16,18,26H,4-6,17,19-20H2,1-3H3,(H,30,34)/t26-/m1/s1. The second-order valence-electron chi connectivity index (χ2n) is 8.99. The fourth-order valence-corrected chi connectivity index (χ4v) is 5.37. The third-order valence-electron chi connectivity index (χ3n) is 6.27. The van der Waals surface area contributed by atoms with E-state index in [0.29, 0.717) is 18.0 Å². The summed E-state index contributed by atoms with van der Waals surface area (Å²) >= 11 is 6.02. The van der Waals surface area contributed by atoms with Crippen molar-refractivity contribution in [1.82, 2.24) is 14.5 Å².